The lowest BCUT2D eigenvalue weighted by molar-refractivity contribution is -0.149. The van der Waals surface area contributed by atoms with Crippen molar-refractivity contribution in [3.63, 3.8) is 0 Å². The number of benzene rings is 1. The van der Waals surface area contributed by atoms with E-state index >= 15 is 0 Å². The molecule has 1 rings (SSSR count). The Balaban J connectivity index is 2.44. The van der Waals surface area contributed by atoms with E-state index in [2.05, 4.69) is 5.32 Å². The van der Waals surface area contributed by atoms with Crippen LogP contribution in [0, 0.1) is 5.92 Å². The fraction of sp³-hybridized carbons (Fsp3) is 0.467. The SMILES string of the molecule is CC(C)CNC(=O)COC(=O)C(C)c1cccc(N)c1. The zero-order valence-corrected chi connectivity index (χ0v) is 12.2. The van der Waals surface area contributed by atoms with Gasteiger partial charge in [0.05, 0.1) is 5.92 Å². The molecule has 0 saturated carbocycles. The molecule has 1 aromatic rings. The van der Waals surface area contributed by atoms with Gasteiger partial charge in [-0.05, 0) is 30.5 Å². The van der Waals surface area contributed by atoms with E-state index in [9.17, 15) is 9.59 Å². The number of carbonyl (C=O) groups excluding carboxylic acids is 2. The van der Waals surface area contributed by atoms with Crippen LogP contribution in [0.5, 0.6) is 0 Å². The molecule has 0 bridgehead atoms. The van der Waals surface area contributed by atoms with Gasteiger partial charge in [0.15, 0.2) is 6.61 Å². The molecule has 5 heteroatoms. The second-order valence-corrected chi connectivity index (χ2v) is 5.20. The molecule has 0 radical (unpaired) electrons. The largest absolute Gasteiger partial charge is 0.455 e. The fourth-order valence-corrected chi connectivity index (χ4v) is 1.60. The standard InChI is InChI=1S/C15H22N2O3/c1-10(2)8-17-14(18)9-20-15(19)11(3)12-5-4-6-13(16)7-12/h4-7,10-11H,8-9,16H2,1-3H3,(H,17,18). The molecule has 20 heavy (non-hydrogen) atoms. The van der Waals surface area contributed by atoms with Crippen LogP contribution in [0.15, 0.2) is 24.3 Å². The summed E-state index contributed by atoms with van der Waals surface area (Å²) in [7, 11) is 0. The van der Waals surface area contributed by atoms with E-state index in [-0.39, 0.29) is 12.5 Å². The second kappa shape index (κ2) is 7.53. The first-order valence-corrected chi connectivity index (χ1v) is 6.69. The summed E-state index contributed by atoms with van der Waals surface area (Å²) < 4.78 is 5.00. The number of ether oxygens (including phenoxy) is 1. The molecule has 1 aromatic carbocycles. The number of hydrogen-bond acceptors (Lipinski definition) is 4. The van der Waals surface area contributed by atoms with Crippen LogP contribution in [0.2, 0.25) is 0 Å². The monoisotopic (exact) mass is 278 g/mol. The van der Waals surface area contributed by atoms with Crippen LogP contribution in [-0.4, -0.2) is 25.0 Å². The van der Waals surface area contributed by atoms with Crippen molar-refractivity contribution in [2.45, 2.75) is 26.7 Å². The maximum Gasteiger partial charge on any atom is 0.313 e. The molecule has 0 aliphatic rings. The molecular weight excluding hydrogens is 256 g/mol. The Hall–Kier alpha value is -2.04. The molecule has 0 aliphatic carbocycles. The van der Waals surface area contributed by atoms with E-state index < -0.39 is 11.9 Å². The number of nitrogens with two attached hydrogens (primary N) is 1. The zero-order valence-electron chi connectivity index (χ0n) is 12.2. The second-order valence-electron chi connectivity index (χ2n) is 5.20. The van der Waals surface area contributed by atoms with E-state index in [4.69, 9.17) is 10.5 Å². The van der Waals surface area contributed by atoms with E-state index in [1.807, 2.05) is 13.8 Å². The Labute approximate surface area is 119 Å². The molecule has 0 aromatic heterocycles. The summed E-state index contributed by atoms with van der Waals surface area (Å²) in [5, 5.41) is 2.69. The van der Waals surface area contributed by atoms with Gasteiger partial charge in [0.25, 0.3) is 5.91 Å². The molecule has 5 nitrogen and oxygen atoms in total. The number of hydrogen-bond donors (Lipinski definition) is 2. The van der Waals surface area contributed by atoms with Crippen LogP contribution >= 0.6 is 0 Å². The fourth-order valence-electron chi connectivity index (χ4n) is 1.60. The highest BCUT2D eigenvalue weighted by Gasteiger charge is 2.18. The Morgan fingerprint density at radius 3 is 2.60 bits per heavy atom. The van der Waals surface area contributed by atoms with Crippen LogP contribution in [0.4, 0.5) is 5.69 Å². The molecule has 0 fully saturated rings. The number of carbonyl (C=O) groups is 2. The molecule has 0 spiro atoms. The molecule has 1 atom stereocenters. The van der Waals surface area contributed by atoms with E-state index in [0.717, 1.165) is 5.56 Å². The maximum atomic E-state index is 11.9. The van der Waals surface area contributed by atoms with Gasteiger partial charge in [-0.3, -0.25) is 9.59 Å². The summed E-state index contributed by atoms with van der Waals surface area (Å²) in [6.07, 6.45) is 0. The highest BCUT2D eigenvalue weighted by molar-refractivity contribution is 5.83. The van der Waals surface area contributed by atoms with E-state index in [1.165, 1.54) is 0 Å². The topological polar surface area (TPSA) is 81.4 Å². The number of rotatable bonds is 6. The summed E-state index contributed by atoms with van der Waals surface area (Å²) >= 11 is 0. The summed E-state index contributed by atoms with van der Waals surface area (Å²) in [5.74, 6) is -0.806. The van der Waals surface area contributed by atoms with Crippen LogP contribution < -0.4 is 11.1 Å². The number of anilines is 1. The third kappa shape index (κ3) is 5.30. The minimum atomic E-state index is -0.448. The summed E-state index contributed by atoms with van der Waals surface area (Å²) in [5.41, 5.74) is 7.04. The maximum absolute atomic E-state index is 11.9. The number of amides is 1. The van der Waals surface area contributed by atoms with Crippen molar-refractivity contribution >= 4 is 17.6 Å². The molecule has 1 unspecified atom stereocenters. The van der Waals surface area contributed by atoms with Crippen LogP contribution in [0.3, 0.4) is 0 Å². The Morgan fingerprint density at radius 2 is 2.00 bits per heavy atom. The lowest BCUT2D eigenvalue weighted by atomic mass is 10.0. The van der Waals surface area contributed by atoms with Gasteiger partial charge in [0, 0.05) is 12.2 Å². The average molecular weight is 278 g/mol. The van der Waals surface area contributed by atoms with Gasteiger partial charge in [-0.1, -0.05) is 26.0 Å². The lowest BCUT2D eigenvalue weighted by Gasteiger charge is -2.13. The summed E-state index contributed by atoms with van der Waals surface area (Å²) in [6.45, 7) is 6.03. The van der Waals surface area contributed by atoms with Crippen LogP contribution in [-0.2, 0) is 14.3 Å². The van der Waals surface area contributed by atoms with Crippen molar-refractivity contribution in [1.29, 1.82) is 0 Å². The van der Waals surface area contributed by atoms with Crippen LogP contribution in [0.25, 0.3) is 0 Å². The Kier molecular flexibility index (Phi) is 6.03. The van der Waals surface area contributed by atoms with E-state index in [0.29, 0.717) is 18.2 Å². The van der Waals surface area contributed by atoms with Gasteiger partial charge in [0.2, 0.25) is 0 Å². The third-order valence-electron chi connectivity index (χ3n) is 2.82. The van der Waals surface area contributed by atoms with Crippen molar-refractivity contribution in [2.75, 3.05) is 18.9 Å². The van der Waals surface area contributed by atoms with Crippen molar-refractivity contribution in [3.05, 3.63) is 29.8 Å². The highest BCUT2D eigenvalue weighted by Crippen LogP contribution is 2.18. The number of nitrogen functional groups attached to an aromatic ring is 1. The van der Waals surface area contributed by atoms with Gasteiger partial charge >= 0.3 is 5.97 Å². The molecule has 1 amide bonds. The molecule has 3 N–H and O–H groups in total. The van der Waals surface area contributed by atoms with Crippen molar-refractivity contribution < 1.29 is 14.3 Å². The van der Waals surface area contributed by atoms with Gasteiger partial charge in [-0.15, -0.1) is 0 Å². The third-order valence-corrected chi connectivity index (χ3v) is 2.82. The molecule has 0 heterocycles. The first-order chi connectivity index (χ1) is 9.40. The van der Waals surface area contributed by atoms with Crippen molar-refractivity contribution in [1.82, 2.24) is 5.32 Å². The Bertz CT molecular complexity index is 472. The smallest absolute Gasteiger partial charge is 0.313 e. The van der Waals surface area contributed by atoms with Crippen molar-refractivity contribution in [3.8, 4) is 0 Å². The predicted octanol–water partition coefficient (Wildman–Crippen LogP) is 1.69. The average Bonchev–Trinajstić information content (AvgIpc) is 2.41. The van der Waals surface area contributed by atoms with Crippen molar-refractivity contribution in [2.24, 2.45) is 5.92 Å². The van der Waals surface area contributed by atoms with Crippen LogP contribution in [0.1, 0.15) is 32.3 Å². The first kappa shape index (κ1) is 16.0. The lowest BCUT2D eigenvalue weighted by Crippen LogP contribution is -2.32. The van der Waals surface area contributed by atoms with E-state index in [1.54, 1.807) is 31.2 Å². The minimum Gasteiger partial charge on any atom is -0.455 e. The quantitative estimate of drug-likeness (QED) is 0.613. The molecule has 110 valence electrons. The normalized spacial score (nSPS) is 12.0. The summed E-state index contributed by atoms with van der Waals surface area (Å²) in [6, 6.07) is 7.07. The number of nitrogens with one attached hydrogen (secondary N) is 1. The zero-order chi connectivity index (χ0) is 15.1. The molecular formula is C15H22N2O3. The minimum absolute atomic E-state index is 0.252. The molecule has 0 aliphatic heterocycles. The van der Waals surface area contributed by atoms with Gasteiger partial charge < -0.3 is 15.8 Å². The highest BCUT2D eigenvalue weighted by atomic mass is 16.5. The Morgan fingerprint density at radius 1 is 1.30 bits per heavy atom. The van der Waals surface area contributed by atoms with Gasteiger partial charge in [0.1, 0.15) is 0 Å². The number of esters is 1. The summed E-state index contributed by atoms with van der Waals surface area (Å²) in [4.78, 5) is 23.3. The molecule has 0 saturated heterocycles. The van der Waals surface area contributed by atoms with Gasteiger partial charge in [-0.25, -0.2) is 0 Å². The first-order valence-electron chi connectivity index (χ1n) is 6.69. The predicted molar refractivity (Wildman–Crippen MR) is 78.1 cm³/mol. The van der Waals surface area contributed by atoms with Gasteiger partial charge in [-0.2, -0.15) is 0 Å².